The maximum Gasteiger partial charge on any atom is 0.249 e. The number of aromatic nitrogens is 2. The summed E-state index contributed by atoms with van der Waals surface area (Å²) in [6.45, 7) is 5.91. The second-order valence-electron chi connectivity index (χ2n) is 11.8. The maximum atomic E-state index is 14.2. The molecule has 0 spiro atoms. The summed E-state index contributed by atoms with van der Waals surface area (Å²) >= 11 is 7.64. The van der Waals surface area contributed by atoms with E-state index >= 15 is 0 Å². The van der Waals surface area contributed by atoms with Gasteiger partial charge in [-0.25, -0.2) is 9.07 Å². The zero-order chi connectivity index (χ0) is 31.3. The van der Waals surface area contributed by atoms with Crippen LogP contribution in [0, 0.1) is 18.2 Å². The number of rotatable bonds is 6. The molecule has 1 aromatic heterocycles. The number of halogens is 2. The molecule has 1 aliphatic carbocycles. The molecule has 7 nitrogen and oxygen atoms in total. The zero-order valence-corrected chi connectivity index (χ0v) is 26.0. The Morgan fingerprint density at radius 2 is 1.66 bits per heavy atom. The Kier molecular flexibility index (Phi) is 7.63. The minimum Gasteiger partial charge on any atom is -0.384 e. The van der Waals surface area contributed by atoms with Crippen LogP contribution in [-0.2, 0) is 9.59 Å². The normalized spacial score (nSPS) is 18.1. The zero-order valence-electron chi connectivity index (χ0n) is 24.5. The molecule has 3 aromatic carbocycles. The summed E-state index contributed by atoms with van der Waals surface area (Å²) in [6.07, 6.45) is 0.775. The van der Waals surface area contributed by atoms with Gasteiger partial charge in [-0.3, -0.25) is 14.5 Å². The molecule has 4 N–H and O–H groups in total. The standard InChI is InChI=1S/C34H31ClFN5O2S/c1-19-27(33(44-24-15-9-20(35)10-16-24)41(39-19)23-7-5-4-6-8-23)29-28-25(17-34(2,3)18-26(28)42)40(31(37)30(29)32(38)43)22-13-11-21(36)12-14-22/h4-16,29H,17-18,37H2,1-3H3,(H2,38,43). The van der Waals surface area contributed by atoms with Gasteiger partial charge in [0.15, 0.2) is 5.78 Å². The van der Waals surface area contributed by atoms with Crippen LogP contribution < -0.4 is 16.4 Å². The van der Waals surface area contributed by atoms with Gasteiger partial charge in [0.05, 0.1) is 22.9 Å². The SMILES string of the molecule is Cc1nn(-c2ccccc2)c(Sc2ccc(Cl)cc2)c1C1C(C(N)=O)=C(N)N(c2ccc(F)cc2)C2=C1C(=O)CC(C)(C)C2. The summed E-state index contributed by atoms with van der Waals surface area (Å²) in [6, 6.07) is 22.9. The number of aryl methyl sites for hydroxylation is 1. The van der Waals surface area contributed by atoms with Crippen LogP contribution in [0.5, 0.6) is 0 Å². The monoisotopic (exact) mass is 627 g/mol. The number of amides is 1. The Morgan fingerprint density at radius 1 is 1.00 bits per heavy atom. The highest BCUT2D eigenvalue weighted by atomic mass is 35.5. The van der Waals surface area contributed by atoms with Crippen molar-refractivity contribution in [2.45, 2.75) is 49.5 Å². The lowest BCUT2D eigenvalue weighted by atomic mass is 9.68. The lowest BCUT2D eigenvalue weighted by Crippen LogP contribution is -2.44. The van der Waals surface area contributed by atoms with E-state index in [9.17, 15) is 14.0 Å². The summed E-state index contributed by atoms with van der Waals surface area (Å²) in [7, 11) is 0. The van der Waals surface area contributed by atoms with Gasteiger partial charge >= 0.3 is 0 Å². The van der Waals surface area contributed by atoms with Crippen molar-refractivity contribution in [3.05, 3.63) is 124 Å². The number of nitrogens with zero attached hydrogens (tertiary/aromatic N) is 3. The van der Waals surface area contributed by atoms with Gasteiger partial charge in [-0.05, 0) is 79.4 Å². The highest BCUT2D eigenvalue weighted by Crippen LogP contribution is 2.53. The van der Waals surface area contributed by atoms with Gasteiger partial charge in [-0.2, -0.15) is 5.10 Å². The van der Waals surface area contributed by atoms with E-state index < -0.39 is 17.6 Å². The predicted octanol–water partition coefficient (Wildman–Crippen LogP) is 7.03. The summed E-state index contributed by atoms with van der Waals surface area (Å²) in [5.41, 5.74) is 16.4. The minimum atomic E-state index is -0.866. The number of hydrogen-bond acceptors (Lipinski definition) is 6. The van der Waals surface area contributed by atoms with Crippen LogP contribution in [0.3, 0.4) is 0 Å². The molecule has 0 bridgehead atoms. The van der Waals surface area contributed by atoms with Gasteiger partial charge in [0.2, 0.25) is 5.91 Å². The summed E-state index contributed by atoms with van der Waals surface area (Å²) in [5.74, 6) is -2.03. The molecule has 1 aliphatic heterocycles. The summed E-state index contributed by atoms with van der Waals surface area (Å²) in [4.78, 5) is 30.2. The first kappa shape index (κ1) is 29.7. The van der Waals surface area contributed by atoms with Gasteiger partial charge in [0.1, 0.15) is 16.7 Å². The van der Waals surface area contributed by atoms with Crippen molar-refractivity contribution in [2.24, 2.45) is 16.9 Å². The Morgan fingerprint density at radius 3 is 2.30 bits per heavy atom. The third-order valence-corrected chi connectivity index (χ3v) is 9.34. The number of hydrogen-bond donors (Lipinski definition) is 2. The molecule has 4 aromatic rings. The molecule has 44 heavy (non-hydrogen) atoms. The number of anilines is 1. The number of carbonyl (C=O) groups is 2. The molecule has 0 saturated heterocycles. The number of allylic oxidation sites excluding steroid dienone is 2. The van der Waals surface area contributed by atoms with Crippen LogP contribution in [0.15, 0.2) is 111 Å². The van der Waals surface area contributed by atoms with Crippen LogP contribution in [0.25, 0.3) is 5.69 Å². The fourth-order valence-corrected chi connectivity index (χ4v) is 7.37. The van der Waals surface area contributed by atoms with Crippen molar-refractivity contribution in [1.82, 2.24) is 9.78 Å². The fourth-order valence-electron chi connectivity index (χ4n) is 6.14. The highest BCUT2D eigenvalue weighted by Gasteiger charge is 2.47. The molecule has 0 radical (unpaired) electrons. The molecular weight excluding hydrogens is 597 g/mol. The van der Waals surface area contributed by atoms with Crippen molar-refractivity contribution in [3.63, 3.8) is 0 Å². The minimum absolute atomic E-state index is 0.0924. The van der Waals surface area contributed by atoms with E-state index in [1.54, 1.807) is 29.2 Å². The van der Waals surface area contributed by atoms with E-state index in [4.69, 9.17) is 28.2 Å². The largest absolute Gasteiger partial charge is 0.384 e. The second kappa shape index (κ2) is 11.3. The van der Waals surface area contributed by atoms with E-state index in [1.807, 2.05) is 67.9 Å². The van der Waals surface area contributed by atoms with Crippen LogP contribution in [-0.4, -0.2) is 21.5 Å². The number of primary amides is 1. The first-order valence-electron chi connectivity index (χ1n) is 14.1. The third kappa shape index (κ3) is 5.31. The van der Waals surface area contributed by atoms with Gasteiger partial charge < -0.3 is 11.5 Å². The van der Waals surface area contributed by atoms with E-state index in [0.717, 1.165) is 10.6 Å². The predicted molar refractivity (Wildman–Crippen MR) is 171 cm³/mol. The highest BCUT2D eigenvalue weighted by molar-refractivity contribution is 7.99. The van der Waals surface area contributed by atoms with Crippen molar-refractivity contribution in [3.8, 4) is 5.69 Å². The average molecular weight is 628 g/mol. The molecule has 224 valence electrons. The molecule has 10 heteroatoms. The number of ketones is 1. The Balaban J connectivity index is 1.65. The fraction of sp³-hybridized carbons (Fsp3) is 0.206. The molecule has 0 fully saturated rings. The van der Waals surface area contributed by atoms with Crippen LogP contribution in [0.4, 0.5) is 10.1 Å². The van der Waals surface area contributed by atoms with Crippen molar-refractivity contribution in [2.75, 3.05) is 4.90 Å². The number of carbonyl (C=O) groups excluding carboxylic acids is 2. The van der Waals surface area contributed by atoms with Crippen LogP contribution >= 0.6 is 23.4 Å². The Bertz CT molecular complexity index is 1850. The molecule has 2 aliphatic rings. The van der Waals surface area contributed by atoms with Gasteiger partial charge in [0.25, 0.3) is 0 Å². The van der Waals surface area contributed by atoms with E-state index in [0.29, 0.717) is 44.7 Å². The van der Waals surface area contributed by atoms with E-state index in [1.165, 1.54) is 23.9 Å². The molecule has 6 rings (SSSR count). The van der Waals surface area contributed by atoms with Crippen LogP contribution in [0.2, 0.25) is 5.02 Å². The number of nitrogens with two attached hydrogens (primary N) is 2. The van der Waals surface area contributed by atoms with Gasteiger partial charge in [-0.1, -0.05) is 55.4 Å². The molecule has 1 amide bonds. The molecular formula is C34H31ClFN5O2S. The maximum absolute atomic E-state index is 14.2. The molecule has 0 saturated carbocycles. The Labute approximate surface area is 264 Å². The lowest BCUT2D eigenvalue weighted by molar-refractivity contribution is -0.118. The van der Waals surface area contributed by atoms with Gasteiger partial charge in [-0.15, -0.1) is 0 Å². The number of para-hydroxylation sites is 1. The third-order valence-electron chi connectivity index (χ3n) is 7.99. The first-order chi connectivity index (χ1) is 20.9. The second-order valence-corrected chi connectivity index (χ2v) is 13.3. The number of Topliss-reactive ketones (excluding diaryl/α,β-unsaturated/α-hetero) is 1. The number of benzene rings is 3. The van der Waals surface area contributed by atoms with Crippen molar-refractivity contribution < 1.29 is 14.0 Å². The summed E-state index contributed by atoms with van der Waals surface area (Å²) < 4.78 is 15.8. The Hall–Kier alpha value is -4.34. The van der Waals surface area contributed by atoms with Crippen molar-refractivity contribution in [1.29, 1.82) is 0 Å². The topological polar surface area (TPSA) is 107 Å². The van der Waals surface area contributed by atoms with Crippen molar-refractivity contribution >= 4 is 40.7 Å². The lowest BCUT2D eigenvalue weighted by Gasteiger charge is -2.44. The summed E-state index contributed by atoms with van der Waals surface area (Å²) in [5, 5.41) is 6.25. The molecule has 1 unspecified atom stereocenters. The van der Waals surface area contributed by atoms with E-state index in [-0.39, 0.29) is 29.0 Å². The quantitative estimate of drug-likeness (QED) is 0.238. The van der Waals surface area contributed by atoms with Gasteiger partial charge in [0, 0.05) is 38.9 Å². The molecule has 1 atom stereocenters. The smallest absolute Gasteiger partial charge is 0.249 e. The molecule has 2 heterocycles. The van der Waals surface area contributed by atoms with E-state index in [2.05, 4.69) is 0 Å². The average Bonchev–Trinajstić information content (AvgIpc) is 3.29. The first-order valence-corrected chi connectivity index (χ1v) is 15.3. The van der Waals surface area contributed by atoms with Crippen LogP contribution in [0.1, 0.15) is 43.9 Å².